The first kappa shape index (κ1) is 43.2. The summed E-state index contributed by atoms with van der Waals surface area (Å²) in [5.74, 6) is 1.74. The fourth-order valence-electron chi connectivity index (χ4n) is 6.74. The number of rotatable bonds is 17. The Morgan fingerprint density at radius 2 is 1.58 bits per heavy atom. The van der Waals surface area contributed by atoms with Gasteiger partial charge in [-0.1, -0.05) is 184 Å². The quantitative estimate of drug-likeness (QED) is 0.116. The molecular weight excluding hydrogens is 577 g/mol. The Bertz CT molecular complexity index is 1290. The van der Waals surface area contributed by atoms with E-state index in [2.05, 4.69) is 144 Å². The van der Waals surface area contributed by atoms with E-state index in [0.29, 0.717) is 17.3 Å². The van der Waals surface area contributed by atoms with Gasteiger partial charge in [-0.05, 0) is 116 Å². The normalized spacial score (nSPS) is 17.6. The Balaban J connectivity index is 0.00000148. The van der Waals surface area contributed by atoms with Crippen LogP contribution in [0.3, 0.4) is 0 Å². The van der Waals surface area contributed by atoms with E-state index in [1.165, 1.54) is 102 Å². The smallest absolute Gasteiger partial charge is 0.0133 e. The average Bonchev–Trinajstić information content (AvgIpc) is 3.04. The molecular formula is C48H74. The van der Waals surface area contributed by atoms with Crippen LogP contribution in [0.4, 0.5) is 0 Å². The number of hydrogen-bond acceptors (Lipinski definition) is 0. The molecule has 2 rings (SSSR count). The van der Waals surface area contributed by atoms with Crippen LogP contribution in [0.25, 0.3) is 5.57 Å². The lowest BCUT2D eigenvalue weighted by Crippen LogP contribution is -2.23. The van der Waals surface area contributed by atoms with E-state index in [4.69, 9.17) is 0 Å². The molecule has 0 saturated heterocycles. The lowest BCUT2D eigenvalue weighted by molar-refractivity contribution is 0.217. The van der Waals surface area contributed by atoms with E-state index >= 15 is 0 Å². The van der Waals surface area contributed by atoms with Gasteiger partial charge in [0.15, 0.2) is 0 Å². The summed E-state index contributed by atoms with van der Waals surface area (Å²) in [5, 5.41) is 0. The zero-order chi connectivity index (χ0) is 36.3. The van der Waals surface area contributed by atoms with E-state index in [1.54, 1.807) is 0 Å². The molecule has 0 N–H and O–H groups in total. The third kappa shape index (κ3) is 15.1. The van der Waals surface area contributed by atoms with Crippen LogP contribution in [-0.2, 0) is 0 Å². The zero-order valence-electron chi connectivity index (χ0n) is 33.4. The highest BCUT2D eigenvalue weighted by Crippen LogP contribution is 2.41. The second-order valence-corrected chi connectivity index (χ2v) is 15.5. The van der Waals surface area contributed by atoms with Crippen molar-refractivity contribution in [1.82, 2.24) is 0 Å². The van der Waals surface area contributed by atoms with Gasteiger partial charge in [0, 0.05) is 0 Å². The van der Waals surface area contributed by atoms with Gasteiger partial charge >= 0.3 is 0 Å². The van der Waals surface area contributed by atoms with Crippen molar-refractivity contribution >= 4 is 5.57 Å². The van der Waals surface area contributed by atoms with Gasteiger partial charge in [0.05, 0.1) is 0 Å². The summed E-state index contributed by atoms with van der Waals surface area (Å²) in [6.07, 6.45) is 26.9. The van der Waals surface area contributed by atoms with Gasteiger partial charge in [0.25, 0.3) is 0 Å². The number of hydrogen-bond donors (Lipinski definition) is 0. The van der Waals surface area contributed by atoms with Gasteiger partial charge < -0.3 is 0 Å². The van der Waals surface area contributed by atoms with Gasteiger partial charge in [-0.3, -0.25) is 0 Å². The molecule has 0 heteroatoms. The first-order valence-corrected chi connectivity index (χ1v) is 19.2. The van der Waals surface area contributed by atoms with Gasteiger partial charge in [0.2, 0.25) is 0 Å². The first-order chi connectivity index (χ1) is 22.7. The zero-order valence-corrected chi connectivity index (χ0v) is 33.4. The Hall–Kier alpha value is -2.86. The third-order valence-electron chi connectivity index (χ3n) is 10.3. The summed E-state index contributed by atoms with van der Waals surface area (Å²) in [5.41, 5.74) is 12.1. The maximum atomic E-state index is 4.57. The minimum atomic E-state index is 0.340. The van der Waals surface area contributed by atoms with Crippen molar-refractivity contribution in [2.45, 2.75) is 153 Å². The van der Waals surface area contributed by atoms with E-state index in [1.807, 2.05) is 12.2 Å². The maximum Gasteiger partial charge on any atom is -0.0133 e. The molecule has 0 spiro atoms. The number of allylic oxidation sites excluding steroid dienone is 13. The molecule has 0 amide bonds. The molecule has 1 aromatic rings. The molecule has 0 aromatic heterocycles. The summed E-state index contributed by atoms with van der Waals surface area (Å²) in [6.45, 7) is 37.8. The highest BCUT2D eigenvalue weighted by molar-refractivity contribution is 5.74. The minimum Gasteiger partial charge on any atom is -0.0991 e. The van der Waals surface area contributed by atoms with Crippen molar-refractivity contribution in [1.29, 1.82) is 0 Å². The van der Waals surface area contributed by atoms with Gasteiger partial charge in [-0.2, -0.15) is 0 Å². The molecule has 0 saturated carbocycles. The lowest BCUT2D eigenvalue weighted by Gasteiger charge is -2.35. The van der Waals surface area contributed by atoms with E-state index in [9.17, 15) is 0 Å². The topological polar surface area (TPSA) is 0 Å². The van der Waals surface area contributed by atoms with Crippen LogP contribution in [0.2, 0.25) is 0 Å². The summed E-state index contributed by atoms with van der Waals surface area (Å²) >= 11 is 0. The second-order valence-electron chi connectivity index (χ2n) is 15.5. The van der Waals surface area contributed by atoms with Crippen LogP contribution in [0.5, 0.6) is 0 Å². The summed E-state index contributed by atoms with van der Waals surface area (Å²) in [4.78, 5) is 0. The summed E-state index contributed by atoms with van der Waals surface area (Å²) < 4.78 is 0. The van der Waals surface area contributed by atoms with E-state index in [-0.39, 0.29) is 0 Å². The van der Waals surface area contributed by atoms with Crippen molar-refractivity contribution in [3.05, 3.63) is 125 Å². The fraction of sp³-hybridized carbons (Fsp3) is 0.542. The highest BCUT2D eigenvalue weighted by Gasteiger charge is 2.28. The minimum absolute atomic E-state index is 0.340. The molecule has 1 aliphatic carbocycles. The van der Waals surface area contributed by atoms with Gasteiger partial charge in [-0.25, -0.2) is 0 Å². The molecule has 0 nitrogen and oxygen atoms in total. The van der Waals surface area contributed by atoms with Gasteiger partial charge in [-0.15, -0.1) is 0 Å². The molecule has 0 unspecified atom stereocenters. The molecule has 0 heterocycles. The van der Waals surface area contributed by atoms with Crippen LogP contribution in [-0.4, -0.2) is 0 Å². The van der Waals surface area contributed by atoms with Crippen LogP contribution in [0, 0.1) is 17.3 Å². The van der Waals surface area contributed by atoms with Crippen molar-refractivity contribution < 1.29 is 0 Å². The van der Waals surface area contributed by atoms with Crippen LogP contribution < -0.4 is 0 Å². The van der Waals surface area contributed by atoms with E-state index in [0.717, 1.165) is 24.3 Å². The van der Waals surface area contributed by atoms with Crippen molar-refractivity contribution in [3.8, 4) is 0 Å². The van der Waals surface area contributed by atoms with E-state index < -0.39 is 0 Å². The summed E-state index contributed by atoms with van der Waals surface area (Å²) in [7, 11) is 0. The Kier molecular flexibility index (Phi) is 20.4. The Morgan fingerprint density at radius 3 is 2.08 bits per heavy atom. The molecule has 3 atom stereocenters. The Labute approximate surface area is 299 Å². The SMILES string of the molecule is C=C/C=C\C(=C/C)c1ccc([C@@H](CCC)[C@@H](C)CC(=C)/C(C)=C/C(=C/C2=C(C)CC[C@H](C(C)(C)C)C2)C(=C)C)cc1.CCCCCCC. The van der Waals surface area contributed by atoms with Crippen LogP contribution in [0.15, 0.2) is 114 Å². The number of benzene rings is 1. The highest BCUT2D eigenvalue weighted by atomic mass is 14.3. The largest absolute Gasteiger partial charge is 0.0991 e. The third-order valence-corrected chi connectivity index (χ3v) is 10.3. The van der Waals surface area contributed by atoms with Crippen molar-refractivity contribution in [2.24, 2.45) is 17.3 Å². The Morgan fingerprint density at radius 1 is 0.958 bits per heavy atom. The van der Waals surface area contributed by atoms with Gasteiger partial charge in [0.1, 0.15) is 0 Å². The standard InChI is InChI=1S/C41H58.C7H16/c1-13-16-18-34(15-3)35-20-22-36(23-21-35)40(17-14-2)33(9)25-31(7)32(8)26-37(29(4)5)27-38-28-39(41(10,11)12)24-19-30(38)6;1-3-5-7-6-4-2/h13,15-16,18,20-23,26-27,33,39-40H,1,4,7,14,17,19,24-25,28H2,2-3,5-6,8-12H3;3-7H2,1-2H3/b18-16-,32-26+,34-15+,37-27-;/t33-,39-,40-;/m0./s1. The molecule has 1 aliphatic rings. The molecule has 266 valence electrons. The van der Waals surface area contributed by atoms with Crippen LogP contribution >= 0.6 is 0 Å². The maximum absolute atomic E-state index is 4.57. The molecule has 48 heavy (non-hydrogen) atoms. The molecule has 1 aromatic carbocycles. The molecule has 0 radical (unpaired) electrons. The second kappa shape index (κ2) is 22.7. The van der Waals surface area contributed by atoms with Crippen molar-refractivity contribution in [3.63, 3.8) is 0 Å². The molecule has 0 aliphatic heterocycles. The fourth-order valence-corrected chi connectivity index (χ4v) is 6.74. The summed E-state index contributed by atoms with van der Waals surface area (Å²) in [6, 6.07) is 9.19. The first-order valence-electron chi connectivity index (χ1n) is 19.2. The molecule has 0 bridgehead atoms. The molecule has 0 fully saturated rings. The average molecular weight is 651 g/mol. The van der Waals surface area contributed by atoms with Crippen LogP contribution in [0.1, 0.15) is 164 Å². The monoisotopic (exact) mass is 651 g/mol. The lowest BCUT2D eigenvalue weighted by atomic mass is 9.70. The predicted molar refractivity (Wildman–Crippen MR) is 221 cm³/mol. The predicted octanol–water partition coefficient (Wildman–Crippen LogP) is 15.9. The van der Waals surface area contributed by atoms with Crippen molar-refractivity contribution in [2.75, 3.05) is 0 Å². The number of unbranched alkanes of at least 4 members (excludes halogenated alkanes) is 4.